The second kappa shape index (κ2) is 7.11. The third kappa shape index (κ3) is 9.62. The Labute approximate surface area is 103 Å². The maximum atomic E-state index is 11.4. The van der Waals surface area contributed by atoms with E-state index in [1.807, 2.05) is 27.7 Å². The molecule has 6 nitrogen and oxygen atoms in total. The highest BCUT2D eigenvalue weighted by Crippen LogP contribution is 1.97. The van der Waals surface area contributed by atoms with Crippen LogP contribution in [0.5, 0.6) is 0 Å². The molecule has 0 aromatic heterocycles. The summed E-state index contributed by atoms with van der Waals surface area (Å²) in [5.74, 6) is 0.0975. The molecule has 0 aliphatic heterocycles. The Hall–Kier alpha value is -1.30. The number of hydrogen-bond donors (Lipinski definition) is 3. The van der Waals surface area contributed by atoms with Crippen LogP contribution in [0.1, 0.15) is 27.7 Å². The van der Waals surface area contributed by atoms with Crippen LogP contribution in [0.25, 0.3) is 0 Å². The third-order valence-corrected chi connectivity index (χ3v) is 1.72. The number of hydrogen-bond acceptors (Lipinski definition) is 3. The summed E-state index contributed by atoms with van der Waals surface area (Å²) in [7, 11) is 1.61. The van der Waals surface area contributed by atoms with E-state index in [1.54, 1.807) is 7.11 Å². The van der Waals surface area contributed by atoms with E-state index >= 15 is 0 Å². The Kier molecular flexibility index (Phi) is 6.57. The van der Waals surface area contributed by atoms with Crippen molar-refractivity contribution in [3.63, 3.8) is 0 Å². The van der Waals surface area contributed by atoms with E-state index in [2.05, 4.69) is 15.6 Å². The molecule has 0 aliphatic rings. The maximum Gasteiger partial charge on any atom is 0.242 e. The van der Waals surface area contributed by atoms with Gasteiger partial charge in [0.25, 0.3) is 0 Å². The summed E-state index contributed by atoms with van der Waals surface area (Å²) in [6.45, 7) is 8.21. The van der Waals surface area contributed by atoms with Gasteiger partial charge in [-0.15, -0.1) is 0 Å². The minimum atomic E-state index is -0.252. The molecule has 1 unspecified atom stereocenters. The van der Waals surface area contributed by atoms with Gasteiger partial charge in [0.05, 0.1) is 6.61 Å². The molecule has 4 N–H and O–H groups in total. The standard InChI is InChI=1S/C11H24N4O2/c1-8(7-17-5)14-10(12)13-6-9(16)15-11(2,3)4/h8H,6-7H2,1-5H3,(H,15,16)(H3,12,13,14). The van der Waals surface area contributed by atoms with E-state index < -0.39 is 0 Å². The number of methoxy groups -OCH3 is 1. The van der Waals surface area contributed by atoms with Gasteiger partial charge in [-0.05, 0) is 27.7 Å². The highest BCUT2D eigenvalue weighted by atomic mass is 16.5. The first-order valence-electron chi connectivity index (χ1n) is 5.61. The zero-order chi connectivity index (χ0) is 13.5. The fraction of sp³-hybridized carbons (Fsp3) is 0.818. The fourth-order valence-corrected chi connectivity index (χ4v) is 1.20. The van der Waals surface area contributed by atoms with Gasteiger partial charge in [0, 0.05) is 18.7 Å². The monoisotopic (exact) mass is 244 g/mol. The summed E-state index contributed by atoms with van der Waals surface area (Å²) in [5, 5.41) is 5.72. The fourth-order valence-electron chi connectivity index (χ4n) is 1.20. The van der Waals surface area contributed by atoms with Crippen molar-refractivity contribution in [2.24, 2.45) is 10.7 Å². The number of nitrogens with one attached hydrogen (secondary N) is 2. The predicted octanol–water partition coefficient (Wildman–Crippen LogP) is -0.160. The lowest BCUT2D eigenvalue weighted by molar-refractivity contribution is -0.121. The number of ether oxygens (including phenoxy) is 1. The smallest absolute Gasteiger partial charge is 0.242 e. The van der Waals surface area contributed by atoms with Gasteiger partial charge < -0.3 is 21.1 Å². The summed E-state index contributed by atoms with van der Waals surface area (Å²) in [6, 6.07) is 0.0643. The Morgan fingerprint density at radius 1 is 1.47 bits per heavy atom. The first kappa shape index (κ1) is 15.7. The molecule has 0 saturated heterocycles. The first-order valence-corrected chi connectivity index (χ1v) is 5.61. The van der Waals surface area contributed by atoms with Crippen molar-refractivity contribution in [2.75, 3.05) is 20.3 Å². The van der Waals surface area contributed by atoms with Crippen molar-refractivity contribution in [3.05, 3.63) is 0 Å². The van der Waals surface area contributed by atoms with E-state index in [0.29, 0.717) is 6.61 Å². The van der Waals surface area contributed by atoms with Crippen molar-refractivity contribution in [1.29, 1.82) is 0 Å². The van der Waals surface area contributed by atoms with E-state index in [-0.39, 0.29) is 30.0 Å². The molecular weight excluding hydrogens is 220 g/mol. The molecule has 0 radical (unpaired) electrons. The summed E-state index contributed by atoms with van der Waals surface area (Å²) >= 11 is 0. The number of aliphatic imine (C=N–C) groups is 1. The maximum absolute atomic E-state index is 11.4. The molecule has 1 amide bonds. The molecule has 0 rings (SSSR count). The molecule has 0 aromatic rings. The van der Waals surface area contributed by atoms with E-state index in [0.717, 1.165) is 0 Å². The Morgan fingerprint density at radius 3 is 2.53 bits per heavy atom. The molecule has 17 heavy (non-hydrogen) atoms. The van der Waals surface area contributed by atoms with Crippen LogP contribution in [0.15, 0.2) is 4.99 Å². The number of nitrogens with zero attached hydrogens (tertiary/aromatic N) is 1. The molecule has 6 heteroatoms. The van der Waals surface area contributed by atoms with Gasteiger partial charge in [-0.3, -0.25) is 4.79 Å². The number of amides is 1. The lowest BCUT2D eigenvalue weighted by Gasteiger charge is -2.20. The molecule has 0 aliphatic carbocycles. The molecule has 0 bridgehead atoms. The van der Waals surface area contributed by atoms with E-state index in [9.17, 15) is 4.79 Å². The number of guanidine groups is 1. The number of rotatable bonds is 5. The van der Waals surface area contributed by atoms with Crippen LogP contribution in [0, 0.1) is 0 Å². The number of nitrogens with two attached hydrogens (primary N) is 1. The van der Waals surface area contributed by atoms with Gasteiger partial charge in [-0.1, -0.05) is 0 Å². The van der Waals surface area contributed by atoms with Gasteiger partial charge in [-0.2, -0.15) is 0 Å². The largest absolute Gasteiger partial charge is 0.383 e. The molecule has 0 spiro atoms. The van der Waals surface area contributed by atoms with Crippen LogP contribution in [0.4, 0.5) is 0 Å². The van der Waals surface area contributed by atoms with Crippen LogP contribution in [-0.2, 0) is 9.53 Å². The van der Waals surface area contributed by atoms with Crippen molar-refractivity contribution in [2.45, 2.75) is 39.3 Å². The molecular formula is C11H24N4O2. The molecule has 0 heterocycles. The zero-order valence-electron chi connectivity index (χ0n) is 11.3. The summed E-state index contributed by atoms with van der Waals surface area (Å²) in [4.78, 5) is 15.4. The van der Waals surface area contributed by atoms with Crippen molar-refractivity contribution in [1.82, 2.24) is 10.6 Å². The summed E-state index contributed by atoms with van der Waals surface area (Å²) in [5.41, 5.74) is 5.37. The highest BCUT2D eigenvalue weighted by molar-refractivity contribution is 5.84. The molecule has 100 valence electrons. The first-order chi connectivity index (χ1) is 7.74. The highest BCUT2D eigenvalue weighted by Gasteiger charge is 2.13. The van der Waals surface area contributed by atoms with Gasteiger partial charge in [-0.25, -0.2) is 4.99 Å². The molecule has 0 aromatic carbocycles. The van der Waals surface area contributed by atoms with Crippen LogP contribution >= 0.6 is 0 Å². The molecule has 1 atom stereocenters. The van der Waals surface area contributed by atoms with Gasteiger partial charge >= 0.3 is 0 Å². The zero-order valence-corrected chi connectivity index (χ0v) is 11.3. The van der Waals surface area contributed by atoms with Crippen LogP contribution in [0.3, 0.4) is 0 Å². The van der Waals surface area contributed by atoms with Crippen molar-refractivity contribution >= 4 is 11.9 Å². The average molecular weight is 244 g/mol. The minimum absolute atomic E-state index is 0.0236. The van der Waals surface area contributed by atoms with Crippen LogP contribution < -0.4 is 16.4 Å². The van der Waals surface area contributed by atoms with Crippen molar-refractivity contribution in [3.8, 4) is 0 Å². The second-order valence-electron chi connectivity index (χ2n) is 5.00. The average Bonchev–Trinajstić information content (AvgIpc) is 2.12. The van der Waals surface area contributed by atoms with Crippen LogP contribution in [0.2, 0.25) is 0 Å². The summed E-state index contributed by atoms with van der Waals surface area (Å²) < 4.78 is 4.94. The van der Waals surface area contributed by atoms with Crippen molar-refractivity contribution < 1.29 is 9.53 Å². The van der Waals surface area contributed by atoms with Gasteiger partial charge in [0.1, 0.15) is 6.54 Å². The predicted molar refractivity (Wildman–Crippen MR) is 68.9 cm³/mol. The van der Waals surface area contributed by atoms with Crippen LogP contribution in [-0.4, -0.2) is 43.7 Å². The Morgan fingerprint density at radius 2 is 2.06 bits per heavy atom. The lowest BCUT2D eigenvalue weighted by Crippen LogP contribution is -2.44. The Balaban J connectivity index is 4.02. The van der Waals surface area contributed by atoms with Gasteiger partial charge in [0.15, 0.2) is 5.96 Å². The normalized spacial score (nSPS) is 14.3. The second-order valence-corrected chi connectivity index (χ2v) is 5.00. The quantitative estimate of drug-likeness (QED) is 0.463. The third-order valence-electron chi connectivity index (χ3n) is 1.72. The topological polar surface area (TPSA) is 88.7 Å². The van der Waals surface area contributed by atoms with E-state index in [1.165, 1.54) is 0 Å². The lowest BCUT2D eigenvalue weighted by atomic mass is 10.1. The Bertz CT molecular complexity index is 271. The number of carbonyl (C=O) groups excluding carboxylic acids is 1. The SMILES string of the molecule is COCC(C)NC(N)=NCC(=O)NC(C)(C)C. The molecule has 0 saturated carbocycles. The van der Waals surface area contributed by atoms with Gasteiger partial charge in [0.2, 0.25) is 5.91 Å². The summed E-state index contributed by atoms with van der Waals surface area (Å²) in [6.07, 6.45) is 0. The van der Waals surface area contributed by atoms with E-state index in [4.69, 9.17) is 10.5 Å². The molecule has 0 fully saturated rings. The minimum Gasteiger partial charge on any atom is -0.383 e. The number of carbonyl (C=O) groups is 1.